The number of Topliss-reactive ketones (excluding diaryl/α,β-unsaturated/α-hetero) is 3. The van der Waals surface area contributed by atoms with E-state index in [-0.39, 0.29) is 53.9 Å². The summed E-state index contributed by atoms with van der Waals surface area (Å²) in [6.45, 7) is 1.02. The molecule has 0 bridgehead atoms. The number of halogens is 1. The second-order valence-electron chi connectivity index (χ2n) is 11.1. The maximum atomic E-state index is 16.2. The first-order valence-corrected chi connectivity index (χ1v) is 12.4. The number of likely N-dealkylation sites (tertiary alicyclic amines) is 1. The number of ketones is 3. The first-order chi connectivity index (χ1) is 17.0. The number of hydrogen-bond acceptors (Lipinski definition) is 10. The number of phenolic OH excluding ortho intramolecular Hbond substituents is 1. The Morgan fingerprint density at radius 1 is 1.28 bits per heavy atom. The summed E-state index contributed by atoms with van der Waals surface area (Å²) in [5.41, 5.74) is 9.18. The number of aromatic hydroxyl groups is 1. The van der Waals surface area contributed by atoms with Gasteiger partial charge in [0.2, 0.25) is 0 Å². The number of rotatable bonds is 1. The average molecular weight is 500 g/mol. The number of anilines is 1. The van der Waals surface area contributed by atoms with Crippen LogP contribution in [0.2, 0.25) is 0 Å². The van der Waals surface area contributed by atoms with Gasteiger partial charge in [0.25, 0.3) is 0 Å². The predicted octanol–water partition coefficient (Wildman–Crippen LogP) is -0.254. The van der Waals surface area contributed by atoms with Crippen LogP contribution in [0.15, 0.2) is 0 Å². The van der Waals surface area contributed by atoms with E-state index < -0.39 is 64.2 Å². The second kappa shape index (κ2) is 7.64. The third-order valence-electron chi connectivity index (χ3n) is 9.48. The third kappa shape index (κ3) is 2.69. The van der Waals surface area contributed by atoms with Crippen LogP contribution in [-0.2, 0) is 16.0 Å². The molecule has 0 radical (unpaired) electrons. The summed E-state index contributed by atoms with van der Waals surface area (Å²) in [7, 11) is 1.91. The molecule has 2 aliphatic heterocycles. The van der Waals surface area contributed by atoms with Crippen molar-refractivity contribution in [3.63, 3.8) is 0 Å². The van der Waals surface area contributed by atoms with Crippen LogP contribution in [0.4, 0.5) is 10.1 Å². The topological polar surface area (TPSA) is 183 Å². The van der Waals surface area contributed by atoms with Crippen LogP contribution >= 0.6 is 0 Å². The van der Waals surface area contributed by atoms with Gasteiger partial charge in [-0.3, -0.25) is 19.3 Å². The molecule has 2 saturated carbocycles. The molecule has 10 nitrogen and oxygen atoms in total. The number of nitrogens with zero attached hydrogens (tertiary/aromatic N) is 1. The quantitative estimate of drug-likeness (QED) is 0.224. The van der Waals surface area contributed by atoms with E-state index in [1.54, 1.807) is 0 Å². The first kappa shape index (κ1) is 23.7. The van der Waals surface area contributed by atoms with Crippen molar-refractivity contribution in [1.29, 1.82) is 5.41 Å². The Balaban J connectivity index is 1.48. The van der Waals surface area contributed by atoms with Crippen LogP contribution < -0.4 is 16.8 Å². The number of hydrogen-bond donors (Lipinski definition) is 6. The lowest BCUT2D eigenvalue weighted by Gasteiger charge is -2.52. The molecule has 2 heterocycles. The SMILES string of the molecule is CN1CCC2CNc3c(O)c4c(c(F)c3C21)CC1CC2C(N)C(=O)C(CN)C(=N)C2(O)C(=O)C1C4=O. The predicted molar refractivity (Wildman–Crippen MR) is 126 cm³/mol. The van der Waals surface area contributed by atoms with Crippen molar-refractivity contribution < 1.29 is 29.0 Å². The van der Waals surface area contributed by atoms with Crippen molar-refractivity contribution in [1.82, 2.24) is 4.90 Å². The van der Waals surface area contributed by atoms with Gasteiger partial charge in [-0.1, -0.05) is 0 Å². The van der Waals surface area contributed by atoms with Crippen molar-refractivity contribution in [3.05, 3.63) is 22.5 Å². The van der Waals surface area contributed by atoms with Crippen LogP contribution in [0.25, 0.3) is 0 Å². The zero-order valence-electron chi connectivity index (χ0n) is 19.9. The molecule has 1 aromatic rings. The first-order valence-electron chi connectivity index (χ1n) is 12.4. The molecule has 11 heteroatoms. The van der Waals surface area contributed by atoms with Crippen LogP contribution in [0.5, 0.6) is 5.75 Å². The Morgan fingerprint density at radius 3 is 2.69 bits per heavy atom. The monoisotopic (exact) mass is 499 g/mol. The molecule has 1 aromatic carbocycles. The Morgan fingerprint density at radius 2 is 2.00 bits per heavy atom. The van der Waals surface area contributed by atoms with Crippen LogP contribution in [-0.4, -0.2) is 76.5 Å². The Hall–Kier alpha value is -2.73. The molecule has 8 N–H and O–H groups in total. The number of phenols is 1. The molecule has 8 atom stereocenters. The van der Waals surface area contributed by atoms with E-state index in [4.69, 9.17) is 16.9 Å². The molecular weight excluding hydrogens is 469 g/mol. The molecule has 8 unspecified atom stereocenters. The number of nitrogens with two attached hydrogens (primary N) is 2. The minimum atomic E-state index is -2.41. The highest BCUT2D eigenvalue weighted by Crippen LogP contribution is 2.54. The van der Waals surface area contributed by atoms with Crippen molar-refractivity contribution in [2.75, 3.05) is 32.0 Å². The van der Waals surface area contributed by atoms with Crippen molar-refractivity contribution in [2.24, 2.45) is 41.1 Å². The Labute approximate surface area is 206 Å². The van der Waals surface area contributed by atoms with Gasteiger partial charge in [-0.15, -0.1) is 0 Å². The van der Waals surface area contributed by atoms with Gasteiger partial charge >= 0.3 is 0 Å². The normalized spacial score (nSPS) is 39.6. The van der Waals surface area contributed by atoms with Crippen molar-refractivity contribution in [2.45, 2.75) is 36.9 Å². The second-order valence-corrected chi connectivity index (χ2v) is 11.1. The zero-order chi connectivity index (χ0) is 25.8. The molecule has 0 spiro atoms. The Kier molecular flexibility index (Phi) is 5.02. The molecule has 0 aromatic heterocycles. The molecular formula is C25H30FN5O5. The lowest BCUT2D eigenvalue weighted by atomic mass is 9.52. The van der Waals surface area contributed by atoms with Crippen molar-refractivity contribution in [3.8, 4) is 5.75 Å². The van der Waals surface area contributed by atoms with Gasteiger partial charge in [0.05, 0.1) is 34.8 Å². The summed E-state index contributed by atoms with van der Waals surface area (Å²) >= 11 is 0. The minimum absolute atomic E-state index is 0.00778. The molecule has 36 heavy (non-hydrogen) atoms. The van der Waals surface area contributed by atoms with Crippen LogP contribution in [0.3, 0.4) is 0 Å². The van der Waals surface area contributed by atoms with E-state index in [2.05, 4.69) is 5.32 Å². The fraction of sp³-hybridized carbons (Fsp3) is 0.600. The smallest absolute Gasteiger partial charge is 0.181 e. The molecule has 0 amide bonds. The van der Waals surface area contributed by atoms with E-state index in [1.165, 1.54) is 0 Å². The van der Waals surface area contributed by atoms with Gasteiger partial charge in [0.1, 0.15) is 11.6 Å². The summed E-state index contributed by atoms with van der Waals surface area (Å²) < 4.78 is 16.2. The highest BCUT2D eigenvalue weighted by Gasteiger charge is 2.65. The third-order valence-corrected chi connectivity index (χ3v) is 9.48. The summed E-state index contributed by atoms with van der Waals surface area (Å²) in [5, 5.41) is 34.3. The maximum absolute atomic E-state index is 16.2. The molecule has 1 saturated heterocycles. The number of carbonyl (C=O) groups is 3. The van der Waals surface area contributed by atoms with E-state index in [1.807, 2.05) is 11.9 Å². The highest BCUT2D eigenvalue weighted by molar-refractivity contribution is 6.28. The van der Waals surface area contributed by atoms with E-state index in [9.17, 15) is 24.6 Å². The number of benzene rings is 1. The van der Waals surface area contributed by atoms with E-state index in [0.29, 0.717) is 12.1 Å². The minimum Gasteiger partial charge on any atom is -0.505 e. The largest absolute Gasteiger partial charge is 0.505 e. The molecule has 3 fully saturated rings. The van der Waals surface area contributed by atoms with Crippen LogP contribution in [0, 0.1) is 40.8 Å². The summed E-state index contributed by atoms with van der Waals surface area (Å²) in [4.78, 5) is 42.3. The fourth-order valence-corrected chi connectivity index (χ4v) is 7.65. The molecule has 5 aliphatic rings. The zero-order valence-corrected chi connectivity index (χ0v) is 19.9. The number of carbonyl (C=O) groups excluding carboxylic acids is 3. The van der Waals surface area contributed by atoms with Gasteiger partial charge in [0.15, 0.2) is 23.0 Å². The number of aliphatic hydroxyl groups is 1. The highest BCUT2D eigenvalue weighted by atomic mass is 19.1. The lowest BCUT2D eigenvalue weighted by molar-refractivity contribution is -0.152. The molecule has 6 rings (SSSR count). The van der Waals surface area contributed by atoms with Gasteiger partial charge < -0.3 is 32.4 Å². The summed E-state index contributed by atoms with van der Waals surface area (Å²) in [5.74, 6) is -7.42. The number of nitrogens with one attached hydrogen (secondary N) is 2. The maximum Gasteiger partial charge on any atom is 0.181 e. The van der Waals surface area contributed by atoms with Gasteiger partial charge in [-0.2, -0.15) is 0 Å². The number of fused-ring (bicyclic) bond motifs is 6. The van der Waals surface area contributed by atoms with Crippen molar-refractivity contribution >= 4 is 28.7 Å². The summed E-state index contributed by atoms with van der Waals surface area (Å²) in [6, 6.07) is -1.47. The average Bonchev–Trinajstić information content (AvgIpc) is 3.23. The molecule has 3 aliphatic carbocycles. The van der Waals surface area contributed by atoms with Gasteiger partial charge in [-0.25, -0.2) is 4.39 Å². The fourth-order valence-electron chi connectivity index (χ4n) is 7.65. The van der Waals surface area contributed by atoms with E-state index >= 15 is 4.39 Å². The summed E-state index contributed by atoms with van der Waals surface area (Å²) in [6.07, 6.45) is 0.851. The standard InChI is InChI=1S/C25H30FN5O5/c1-31-3-2-8-7-30-18-15(19(8)31)16(26)10-4-9-5-12-17(28)20(32)11(6-27)23(29)25(12,36)24(35)13(9)21(33)14(10)22(18)34/h8-9,11-13,17,19,29-30,34,36H,2-7,27-28H2,1H3. The van der Waals surface area contributed by atoms with Gasteiger partial charge in [-0.05, 0) is 44.7 Å². The lowest BCUT2D eigenvalue weighted by Crippen LogP contribution is -2.73. The Bertz CT molecular complexity index is 1250. The van der Waals surface area contributed by atoms with Crippen LogP contribution in [0.1, 0.15) is 40.4 Å². The molecule has 192 valence electrons. The van der Waals surface area contributed by atoms with Gasteiger partial charge in [0, 0.05) is 36.2 Å². The van der Waals surface area contributed by atoms with E-state index in [0.717, 1.165) is 13.0 Å².